The van der Waals surface area contributed by atoms with Crippen molar-refractivity contribution in [1.82, 2.24) is 4.90 Å². The van der Waals surface area contributed by atoms with Gasteiger partial charge < -0.3 is 30.3 Å². The summed E-state index contributed by atoms with van der Waals surface area (Å²) in [5.41, 5.74) is 2.12. The summed E-state index contributed by atoms with van der Waals surface area (Å²) in [7, 11) is 0. The van der Waals surface area contributed by atoms with Crippen molar-refractivity contribution in [3.05, 3.63) is 29.3 Å². The van der Waals surface area contributed by atoms with Crippen molar-refractivity contribution < 1.29 is 30.3 Å². The first-order valence-corrected chi connectivity index (χ1v) is 9.66. The highest BCUT2D eigenvalue weighted by molar-refractivity contribution is 7.79. The second-order valence-electron chi connectivity index (χ2n) is 6.01. The lowest BCUT2D eigenvalue weighted by Crippen LogP contribution is -2.45. The minimum absolute atomic E-state index is 0.0304. The van der Waals surface area contributed by atoms with Crippen molar-refractivity contribution in [2.24, 2.45) is 0 Å². The SMILES string of the molecule is OC[C@@H](O)CN(CCOc1ccc(CS)c(CS)c1)C[C@H](O)[C@H](O)CO. The molecule has 0 unspecified atom stereocenters. The first-order chi connectivity index (χ1) is 12.4. The quantitative estimate of drug-likeness (QED) is 0.216. The molecule has 0 saturated carbocycles. The molecule has 0 aliphatic heterocycles. The van der Waals surface area contributed by atoms with Gasteiger partial charge in [0.15, 0.2) is 0 Å². The Hall–Kier alpha value is -0.520. The van der Waals surface area contributed by atoms with Crippen LogP contribution >= 0.6 is 25.3 Å². The van der Waals surface area contributed by atoms with E-state index in [2.05, 4.69) is 25.3 Å². The lowest BCUT2D eigenvalue weighted by Gasteiger charge is -2.28. The molecule has 1 rings (SSSR count). The van der Waals surface area contributed by atoms with Crippen LogP contribution in [0, 0.1) is 0 Å². The zero-order chi connectivity index (χ0) is 19.5. The van der Waals surface area contributed by atoms with Crippen molar-refractivity contribution >= 4 is 25.3 Å². The van der Waals surface area contributed by atoms with E-state index in [1.54, 1.807) is 4.90 Å². The van der Waals surface area contributed by atoms with Gasteiger partial charge in [-0.1, -0.05) is 6.07 Å². The van der Waals surface area contributed by atoms with Crippen molar-refractivity contribution in [2.75, 3.05) is 39.5 Å². The molecular formula is C17H29NO6S2. The monoisotopic (exact) mass is 407 g/mol. The van der Waals surface area contributed by atoms with Crippen LogP contribution in [-0.4, -0.2) is 88.2 Å². The van der Waals surface area contributed by atoms with Crippen LogP contribution in [0.5, 0.6) is 5.75 Å². The minimum Gasteiger partial charge on any atom is -0.492 e. The van der Waals surface area contributed by atoms with Crippen LogP contribution in [0.25, 0.3) is 0 Å². The third-order valence-electron chi connectivity index (χ3n) is 3.95. The molecule has 0 aromatic heterocycles. The van der Waals surface area contributed by atoms with E-state index in [0.29, 0.717) is 23.8 Å². The van der Waals surface area contributed by atoms with E-state index in [4.69, 9.17) is 14.9 Å². The number of thiol groups is 2. The van der Waals surface area contributed by atoms with Crippen LogP contribution < -0.4 is 4.74 Å². The fourth-order valence-electron chi connectivity index (χ4n) is 2.41. The van der Waals surface area contributed by atoms with Gasteiger partial charge in [0, 0.05) is 31.1 Å². The summed E-state index contributed by atoms with van der Waals surface area (Å²) in [5.74, 6) is 1.87. The zero-order valence-corrected chi connectivity index (χ0v) is 16.4. The lowest BCUT2D eigenvalue weighted by atomic mass is 10.1. The van der Waals surface area contributed by atoms with Gasteiger partial charge in [0.2, 0.25) is 0 Å². The van der Waals surface area contributed by atoms with Crippen LogP contribution in [0.15, 0.2) is 18.2 Å². The molecule has 0 radical (unpaired) electrons. The number of ether oxygens (including phenoxy) is 1. The number of benzene rings is 1. The average Bonchev–Trinajstić information content (AvgIpc) is 2.66. The van der Waals surface area contributed by atoms with E-state index in [9.17, 15) is 15.3 Å². The van der Waals surface area contributed by atoms with Crippen molar-refractivity contribution in [1.29, 1.82) is 0 Å². The molecule has 0 aliphatic rings. The lowest BCUT2D eigenvalue weighted by molar-refractivity contribution is -0.0382. The largest absolute Gasteiger partial charge is 0.492 e. The summed E-state index contributed by atoms with van der Waals surface area (Å²) < 4.78 is 5.72. The highest BCUT2D eigenvalue weighted by atomic mass is 32.1. The fourth-order valence-corrected chi connectivity index (χ4v) is 3.01. The van der Waals surface area contributed by atoms with Gasteiger partial charge in [0.05, 0.1) is 25.4 Å². The molecule has 9 heteroatoms. The summed E-state index contributed by atoms with van der Waals surface area (Å²) in [4.78, 5) is 1.66. The second-order valence-corrected chi connectivity index (χ2v) is 6.64. The molecule has 0 aliphatic carbocycles. The second kappa shape index (κ2) is 12.8. The third-order valence-corrected chi connectivity index (χ3v) is 4.63. The first-order valence-electron chi connectivity index (χ1n) is 8.39. The van der Waals surface area contributed by atoms with Crippen molar-refractivity contribution in [3.8, 4) is 5.75 Å². The highest BCUT2D eigenvalue weighted by Gasteiger charge is 2.20. The summed E-state index contributed by atoms with van der Waals surface area (Å²) in [5, 5.41) is 46.9. The molecule has 0 heterocycles. The zero-order valence-electron chi connectivity index (χ0n) is 14.6. The van der Waals surface area contributed by atoms with E-state index in [0.717, 1.165) is 11.1 Å². The van der Waals surface area contributed by atoms with Crippen LogP contribution in [0.3, 0.4) is 0 Å². The summed E-state index contributed by atoms with van der Waals surface area (Å²) in [6, 6.07) is 5.67. The number of hydrogen-bond donors (Lipinski definition) is 7. The molecule has 7 nitrogen and oxygen atoms in total. The Bertz CT molecular complexity index is 522. The minimum atomic E-state index is -1.27. The highest BCUT2D eigenvalue weighted by Crippen LogP contribution is 2.21. The van der Waals surface area contributed by atoms with Crippen LogP contribution in [-0.2, 0) is 11.5 Å². The Morgan fingerprint density at radius 1 is 0.923 bits per heavy atom. The first kappa shape index (κ1) is 23.5. The number of nitrogens with zero attached hydrogens (tertiary/aromatic N) is 1. The maximum absolute atomic E-state index is 9.86. The predicted molar refractivity (Wildman–Crippen MR) is 106 cm³/mol. The molecular weight excluding hydrogens is 378 g/mol. The molecule has 0 amide bonds. The van der Waals surface area contributed by atoms with Crippen LogP contribution in [0.4, 0.5) is 0 Å². The molecule has 26 heavy (non-hydrogen) atoms. The normalized spacial score (nSPS) is 15.1. The smallest absolute Gasteiger partial charge is 0.119 e. The Balaban J connectivity index is 2.62. The maximum atomic E-state index is 9.86. The molecule has 0 bridgehead atoms. The van der Waals surface area contributed by atoms with E-state index < -0.39 is 31.5 Å². The predicted octanol–water partition coefficient (Wildman–Crippen LogP) is -0.706. The summed E-state index contributed by atoms with van der Waals surface area (Å²) in [6.45, 7) is -0.189. The fraction of sp³-hybridized carbons (Fsp3) is 0.647. The van der Waals surface area contributed by atoms with Crippen LogP contribution in [0.1, 0.15) is 11.1 Å². The molecule has 0 spiro atoms. The summed E-state index contributed by atoms with van der Waals surface area (Å²) in [6.07, 6.45) is -3.41. The van der Waals surface area contributed by atoms with Gasteiger partial charge in [-0.05, 0) is 23.3 Å². The van der Waals surface area contributed by atoms with E-state index in [1.165, 1.54) is 0 Å². The standard InChI is InChI=1S/C17H29NO6S2/c19-8-14(21)6-18(7-16(22)17(23)9-20)3-4-24-15-2-1-12(10-25)13(5-15)11-26/h1-2,5,14,16-17,19-23,25-26H,3-4,6-11H2/t14-,16-,17+/m0/s1. The molecule has 150 valence electrons. The molecule has 1 aromatic carbocycles. The summed E-state index contributed by atoms with van der Waals surface area (Å²) >= 11 is 8.57. The Kier molecular flexibility index (Phi) is 11.6. The topological polar surface area (TPSA) is 114 Å². The van der Waals surface area contributed by atoms with Gasteiger partial charge in [-0.3, -0.25) is 4.90 Å². The van der Waals surface area contributed by atoms with E-state index in [1.807, 2.05) is 18.2 Å². The van der Waals surface area contributed by atoms with Crippen molar-refractivity contribution in [3.63, 3.8) is 0 Å². The molecule has 0 fully saturated rings. The van der Waals surface area contributed by atoms with Crippen molar-refractivity contribution in [2.45, 2.75) is 29.8 Å². The maximum Gasteiger partial charge on any atom is 0.119 e. The van der Waals surface area contributed by atoms with Gasteiger partial charge >= 0.3 is 0 Å². The Morgan fingerprint density at radius 3 is 2.19 bits per heavy atom. The van der Waals surface area contributed by atoms with Crippen LogP contribution in [0.2, 0.25) is 0 Å². The average molecular weight is 408 g/mol. The molecule has 0 saturated heterocycles. The van der Waals surface area contributed by atoms with Gasteiger partial charge in [-0.15, -0.1) is 0 Å². The Labute approximate surface area is 165 Å². The van der Waals surface area contributed by atoms with Gasteiger partial charge in [0.25, 0.3) is 0 Å². The van der Waals surface area contributed by atoms with Gasteiger partial charge in [-0.2, -0.15) is 25.3 Å². The van der Waals surface area contributed by atoms with Gasteiger partial charge in [0.1, 0.15) is 18.5 Å². The molecule has 1 aromatic rings. The number of aliphatic hydroxyl groups is 5. The number of aliphatic hydroxyl groups excluding tert-OH is 5. The molecule has 5 N–H and O–H groups in total. The number of hydrogen-bond acceptors (Lipinski definition) is 9. The number of rotatable bonds is 13. The van der Waals surface area contributed by atoms with E-state index >= 15 is 0 Å². The molecule has 3 atom stereocenters. The Morgan fingerprint density at radius 2 is 1.62 bits per heavy atom. The van der Waals surface area contributed by atoms with E-state index in [-0.39, 0.29) is 19.7 Å². The van der Waals surface area contributed by atoms with Gasteiger partial charge in [-0.25, -0.2) is 0 Å². The third kappa shape index (κ3) is 8.01.